The molecule has 0 N–H and O–H groups in total. The molecule has 9 heteroatoms. The number of halogens is 1. The molecule has 0 bridgehead atoms. The van der Waals surface area contributed by atoms with E-state index in [1.165, 1.54) is 11.0 Å². The number of morpholine rings is 1. The van der Waals surface area contributed by atoms with Crippen molar-refractivity contribution in [1.82, 2.24) is 25.1 Å². The number of nitrogens with zero attached hydrogens (tertiary/aromatic N) is 5. The molecule has 2 heterocycles. The van der Waals surface area contributed by atoms with E-state index in [9.17, 15) is 4.79 Å². The van der Waals surface area contributed by atoms with Crippen molar-refractivity contribution in [3.8, 4) is 5.75 Å². The van der Waals surface area contributed by atoms with Crippen LogP contribution in [-0.4, -0.2) is 63.4 Å². The fraction of sp³-hybridized carbons (Fsp3) is 0.467. The number of benzene rings is 1. The van der Waals surface area contributed by atoms with Gasteiger partial charge in [-0.3, -0.25) is 4.79 Å². The molecule has 128 valence electrons. The maximum absolute atomic E-state index is 12.3. The highest BCUT2D eigenvalue weighted by atomic mass is 35.5. The second kappa shape index (κ2) is 7.59. The number of carbonyl (C=O) groups is 1. The van der Waals surface area contributed by atoms with Gasteiger partial charge in [-0.1, -0.05) is 11.6 Å². The fourth-order valence-electron chi connectivity index (χ4n) is 2.43. The Morgan fingerprint density at radius 2 is 2.38 bits per heavy atom. The van der Waals surface area contributed by atoms with Gasteiger partial charge in [0.15, 0.2) is 0 Å². The molecule has 3 rings (SSSR count). The van der Waals surface area contributed by atoms with Gasteiger partial charge in [-0.2, -0.15) is 0 Å². The molecule has 0 aliphatic carbocycles. The van der Waals surface area contributed by atoms with Gasteiger partial charge in [0.2, 0.25) is 5.91 Å². The molecule has 1 unspecified atom stereocenters. The molecule has 0 spiro atoms. The average Bonchev–Trinajstić information content (AvgIpc) is 3.09. The van der Waals surface area contributed by atoms with Crippen LogP contribution in [0.2, 0.25) is 5.02 Å². The van der Waals surface area contributed by atoms with E-state index in [2.05, 4.69) is 15.5 Å². The predicted octanol–water partition coefficient (Wildman–Crippen LogP) is 0.941. The van der Waals surface area contributed by atoms with Crippen LogP contribution in [-0.2, 0) is 16.1 Å². The van der Waals surface area contributed by atoms with E-state index in [1.807, 2.05) is 19.1 Å². The van der Waals surface area contributed by atoms with Crippen molar-refractivity contribution in [3.05, 3.63) is 35.1 Å². The van der Waals surface area contributed by atoms with Crippen LogP contribution in [0.3, 0.4) is 0 Å². The standard InChI is InChI=1S/C15H18ClN5O3/c1-11-6-12(2-3-14(11)16)24-9-13-7-20(4-5-23-13)15(22)8-21-10-17-18-19-21/h2-3,6,10,13H,4-5,7-9H2,1H3. The van der Waals surface area contributed by atoms with E-state index in [1.54, 1.807) is 11.0 Å². The monoisotopic (exact) mass is 351 g/mol. The number of aryl methyl sites for hydroxylation is 1. The smallest absolute Gasteiger partial charge is 0.244 e. The molecule has 1 atom stereocenters. The Morgan fingerprint density at radius 3 is 3.12 bits per heavy atom. The van der Waals surface area contributed by atoms with E-state index >= 15 is 0 Å². The minimum Gasteiger partial charge on any atom is -0.491 e. The Kier molecular flexibility index (Phi) is 5.27. The first-order valence-electron chi connectivity index (χ1n) is 7.61. The van der Waals surface area contributed by atoms with Gasteiger partial charge in [0, 0.05) is 11.6 Å². The number of carbonyl (C=O) groups excluding carboxylic acids is 1. The summed E-state index contributed by atoms with van der Waals surface area (Å²) in [6.45, 7) is 3.93. The van der Waals surface area contributed by atoms with Crippen LogP contribution >= 0.6 is 11.6 Å². The van der Waals surface area contributed by atoms with Crippen molar-refractivity contribution in [2.45, 2.75) is 19.6 Å². The number of hydrogen-bond acceptors (Lipinski definition) is 6. The van der Waals surface area contributed by atoms with E-state index in [4.69, 9.17) is 21.1 Å². The molecule has 1 amide bonds. The zero-order valence-electron chi connectivity index (χ0n) is 13.3. The average molecular weight is 352 g/mol. The molecule has 24 heavy (non-hydrogen) atoms. The zero-order chi connectivity index (χ0) is 16.9. The van der Waals surface area contributed by atoms with Crippen molar-refractivity contribution in [3.63, 3.8) is 0 Å². The summed E-state index contributed by atoms with van der Waals surface area (Å²) >= 11 is 6.00. The van der Waals surface area contributed by atoms with Gasteiger partial charge in [0.05, 0.1) is 13.2 Å². The maximum Gasteiger partial charge on any atom is 0.244 e. The van der Waals surface area contributed by atoms with Crippen molar-refractivity contribution in [2.24, 2.45) is 0 Å². The number of hydrogen-bond donors (Lipinski definition) is 0. The highest BCUT2D eigenvalue weighted by Crippen LogP contribution is 2.21. The molecule has 8 nitrogen and oxygen atoms in total. The summed E-state index contributed by atoms with van der Waals surface area (Å²) in [6, 6.07) is 5.50. The van der Waals surface area contributed by atoms with Crippen LogP contribution in [0.1, 0.15) is 5.56 Å². The van der Waals surface area contributed by atoms with Crippen LogP contribution in [0.5, 0.6) is 5.75 Å². The van der Waals surface area contributed by atoms with E-state index in [0.29, 0.717) is 31.3 Å². The number of ether oxygens (including phenoxy) is 2. The minimum absolute atomic E-state index is 0.0436. The second-order valence-corrected chi connectivity index (χ2v) is 5.97. The van der Waals surface area contributed by atoms with Gasteiger partial charge in [0.25, 0.3) is 0 Å². The first kappa shape index (κ1) is 16.7. The van der Waals surface area contributed by atoms with Gasteiger partial charge in [-0.25, -0.2) is 4.68 Å². The SMILES string of the molecule is Cc1cc(OCC2CN(C(=O)Cn3cnnn3)CCO2)ccc1Cl. The largest absolute Gasteiger partial charge is 0.491 e. The lowest BCUT2D eigenvalue weighted by Crippen LogP contribution is -2.48. The first-order valence-corrected chi connectivity index (χ1v) is 7.99. The Labute approximate surface area is 144 Å². The molecule has 2 aromatic rings. The Balaban J connectivity index is 1.51. The topological polar surface area (TPSA) is 82.4 Å². The molecular weight excluding hydrogens is 334 g/mol. The molecule has 1 fully saturated rings. The highest BCUT2D eigenvalue weighted by Gasteiger charge is 2.25. The van der Waals surface area contributed by atoms with Crippen molar-refractivity contribution in [2.75, 3.05) is 26.3 Å². The summed E-state index contributed by atoms with van der Waals surface area (Å²) in [4.78, 5) is 14.0. The molecular formula is C15H18ClN5O3. The molecule has 1 aromatic heterocycles. The quantitative estimate of drug-likeness (QED) is 0.797. The van der Waals surface area contributed by atoms with Crippen molar-refractivity contribution in [1.29, 1.82) is 0 Å². The van der Waals surface area contributed by atoms with Gasteiger partial charge < -0.3 is 14.4 Å². The summed E-state index contributed by atoms with van der Waals surface area (Å²) < 4.78 is 12.8. The van der Waals surface area contributed by atoms with Gasteiger partial charge in [-0.15, -0.1) is 5.10 Å². The lowest BCUT2D eigenvalue weighted by molar-refractivity contribution is -0.140. The highest BCUT2D eigenvalue weighted by molar-refractivity contribution is 6.31. The second-order valence-electron chi connectivity index (χ2n) is 5.56. The lowest BCUT2D eigenvalue weighted by atomic mass is 10.2. The third-order valence-corrected chi connectivity index (χ3v) is 4.17. The molecule has 1 aliphatic heterocycles. The Morgan fingerprint density at radius 1 is 1.50 bits per heavy atom. The van der Waals surface area contributed by atoms with Gasteiger partial charge >= 0.3 is 0 Å². The predicted molar refractivity (Wildman–Crippen MR) is 85.8 cm³/mol. The van der Waals surface area contributed by atoms with Crippen LogP contribution in [0, 0.1) is 6.92 Å². The first-order chi connectivity index (χ1) is 11.6. The maximum atomic E-state index is 12.3. The number of tetrazole rings is 1. The summed E-state index contributed by atoms with van der Waals surface area (Å²) in [5.74, 6) is 0.690. The number of amides is 1. The number of rotatable bonds is 5. The van der Waals surface area contributed by atoms with Crippen molar-refractivity contribution < 1.29 is 14.3 Å². The van der Waals surface area contributed by atoms with Crippen LogP contribution < -0.4 is 4.74 Å². The summed E-state index contributed by atoms with van der Waals surface area (Å²) in [5, 5.41) is 11.4. The summed E-state index contributed by atoms with van der Waals surface area (Å²) in [6.07, 6.45) is 1.24. The van der Waals surface area contributed by atoms with Gasteiger partial charge in [0.1, 0.15) is 31.3 Å². The van der Waals surface area contributed by atoms with Gasteiger partial charge in [-0.05, 0) is 41.1 Å². The molecule has 1 saturated heterocycles. The third-order valence-electron chi connectivity index (χ3n) is 3.75. The molecule has 1 aliphatic rings. The van der Waals surface area contributed by atoms with Crippen LogP contribution in [0.25, 0.3) is 0 Å². The molecule has 1 aromatic carbocycles. The number of aromatic nitrogens is 4. The van der Waals surface area contributed by atoms with Crippen molar-refractivity contribution >= 4 is 17.5 Å². The van der Waals surface area contributed by atoms with E-state index in [0.717, 1.165) is 11.3 Å². The Bertz CT molecular complexity index is 694. The third kappa shape index (κ3) is 4.21. The Hall–Kier alpha value is -2.19. The molecule has 0 radical (unpaired) electrons. The zero-order valence-corrected chi connectivity index (χ0v) is 14.0. The minimum atomic E-state index is -0.174. The fourth-order valence-corrected chi connectivity index (χ4v) is 2.55. The summed E-state index contributed by atoms with van der Waals surface area (Å²) in [5.41, 5.74) is 0.956. The molecule has 0 saturated carbocycles. The van der Waals surface area contributed by atoms with E-state index < -0.39 is 0 Å². The lowest BCUT2D eigenvalue weighted by Gasteiger charge is -2.32. The van der Waals surface area contributed by atoms with E-state index in [-0.39, 0.29) is 18.6 Å². The van der Waals surface area contributed by atoms with Crippen LogP contribution in [0.15, 0.2) is 24.5 Å². The normalized spacial score (nSPS) is 17.8. The summed E-state index contributed by atoms with van der Waals surface area (Å²) in [7, 11) is 0. The van der Waals surface area contributed by atoms with Crippen LogP contribution in [0.4, 0.5) is 0 Å².